The monoisotopic (exact) mass is 290 g/mol. The number of nitrogens with zero attached hydrogens (tertiary/aromatic N) is 1. The Labute approximate surface area is 127 Å². The maximum atomic E-state index is 6.40. The second-order valence-electron chi connectivity index (χ2n) is 6.49. The van der Waals surface area contributed by atoms with Crippen molar-refractivity contribution in [1.82, 2.24) is 4.90 Å². The Morgan fingerprint density at radius 3 is 2.81 bits per heavy atom. The summed E-state index contributed by atoms with van der Waals surface area (Å²) in [6, 6.07) is 6.71. The summed E-state index contributed by atoms with van der Waals surface area (Å²) in [5.74, 6) is 2.41. The van der Waals surface area contributed by atoms with Gasteiger partial charge in [-0.15, -0.1) is 0 Å². The Morgan fingerprint density at radius 1 is 1.24 bits per heavy atom. The maximum absolute atomic E-state index is 6.40. The summed E-state index contributed by atoms with van der Waals surface area (Å²) in [6.07, 6.45) is 5.36. The van der Waals surface area contributed by atoms with Gasteiger partial charge in [0.05, 0.1) is 0 Å². The molecule has 0 aromatic heterocycles. The fourth-order valence-corrected chi connectivity index (χ4v) is 3.65. The quantitative estimate of drug-likeness (QED) is 0.926. The summed E-state index contributed by atoms with van der Waals surface area (Å²) in [6.45, 7) is 3.56. The first-order valence-electron chi connectivity index (χ1n) is 8.00. The van der Waals surface area contributed by atoms with E-state index in [9.17, 15) is 0 Å². The van der Waals surface area contributed by atoms with E-state index in [1.807, 2.05) is 12.1 Å². The van der Waals surface area contributed by atoms with Crippen molar-refractivity contribution in [3.63, 3.8) is 0 Å². The fourth-order valence-electron chi connectivity index (χ4n) is 3.65. The van der Waals surface area contributed by atoms with Gasteiger partial charge < -0.3 is 20.1 Å². The zero-order valence-corrected chi connectivity index (χ0v) is 13.0. The highest BCUT2D eigenvalue weighted by Crippen LogP contribution is 2.34. The SMILES string of the molecule is CC1CCCCC1N(C)CC(N)c1ccc2c(c1)OCO2. The first-order valence-corrected chi connectivity index (χ1v) is 8.00. The lowest BCUT2D eigenvalue weighted by Crippen LogP contribution is -2.42. The van der Waals surface area contributed by atoms with Gasteiger partial charge in [0.15, 0.2) is 11.5 Å². The van der Waals surface area contributed by atoms with Crippen molar-refractivity contribution in [2.24, 2.45) is 11.7 Å². The third-order valence-corrected chi connectivity index (χ3v) is 4.94. The molecule has 3 atom stereocenters. The van der Waals surface area contributed by atoms with Gasteiger partial charge in [-0.25, -0.2) is 0 Å². The Balaban J connectivity index is 1.64. The lowest BCUT2D eigenvalue weighted by Gasteiger charge is -2.37. The number of likely N-dealkylation sites (N-methyl/N-ethyl adjacent to an activating group) is 1. The average molecular weight is 290 g/mol. The van der Waals surface area contributed by atoms with E-state index in [0.29, 0.717) is 12.8 Å². The Morgan fingerprint density at radius 2 is 2.00 bits per heavy atom. The highest BCUT2D eigenvalue weighted by atomic mass is 16.7. The molecule has 0 amide bonds. The van der Waals surface area contributed by atoms with Gasteiger partial charge in [-0.1, -0.05) is 25.8 Å². The molecule has 0 bridgehead atoms. The maximum Gasteiger partial charge on any atom is 0.231 e. The minimum atomic E-state index is 0.0126. The number of fused-ring (bicyclic) bond motifs is 1. The summed E-state index contributed by atoms with van der Waals surface area (Å²) in [4.78, 5) is 2.44. The number of nitrogens with two attached hydrogens (primary N) is 1. The molecule has 4 heteroatoms. The van der Waals surface area contributed by atoms with Gasteiger partial charge in [0.1, 0.15) is 0 Å². The molecule has 2 aliphatic rings. The predicted molar refractivity (Wildman–Crippen MR) is 83.5 cm³/mol. The second kappa shape index (κ2) is 6.24. The molecule has 4 nitrogen and oxygen atoms in total. The van der Waals surface area contributed by atoms with Gasteiger partial charge in [0.2, 0.25) is 6.79 Å². The van der Waals surface area contributed by atoms with E-state index in [0.717, 1.165) is 29.5 Å². The van der Waals surface area contributed by atoms with E-state index in [1.54, 1.807) is 0 Å². The van der Waals surface area contributed by atoms with Crippen LogP contribution >= 0.6 is 0 Å². The number of rotatable bonds is 4. The van der Waals surface area contributed by atoms with E-state index in [2.05, 4.69) is 24.9 Å². The highest BCUT2D eigenvalue weighted by Gasteiger charge is 2.26. The molecule has 21 heavy (non-hydrogen) atoms. The van der Waals surface area contributed by atoms with Crippen LogP contribution in [-0.4, -0.2) is 31.3 Å². The average Bonchev–Trinajstić information content (AvgIpc) is 2.94. The van der Waals surface area contributed by atoms with Crippen LogP contribution in [0.2, 0.25) is 0 Å². The van der Waals surface area contributed by atoms with E-state index >= 15 is 0 Å². The third-order valence-electron chi connectivity index (χ3n) is 4.94. The van der Waals surface area contributed by atoms with E-state index in [1.165, 1.54) is 25.7 Å². The molecule has 1 aliphatic carbocycles. The lowest BCUT2D eigenvalue weighted by atomic mass is 9.85. The molecule has 1 fully saturated rings. The van der Waals surface area contributed by atoms with Crippen molar-refractivity contribution in [3.05, 3.63) is 23.8 Å². The van der Waals surface area contributed by atoms with Gasteiger partial charge in [0.25, 0.3) is 0 Å². The standard InChI is InChI=1S/C17H26N2O2/c1-12-5-3-4-6-15(12)19(2)10-14(18)13-7-8-16-17(9-13)21-11-20-16/h7-9,12,14-15H,3-6,10-11,18H2,1-2H3. The van der Waals surface area contributed by atoms with E-state index in [-0.39, 0.29) is 6.04 Å². The molecule has 3 rings (SSSR count). The van der Waals surface area contributed by atoms with Gasteiger partial charge in [-0.05, 0) is 43.5 Å². The minimum Gasteiger partial charge on any atom is -0.454 e. The summed E-state index contributed by atoms with van der Waals surface area (Å²) < 4.78 is 10.8. The first-order chi connectivity index (χ1) is 10.1. The minimum absolute atomic E-state index is 0.0126. The van der Waals surface area contributed by atoms with Crippen molar-refractivity contribution in [2.45, 2.75) is 44.7 Å². The van der Waals surface area contributed by atoms with Crippen LogP contribution < -0.4 is 15.2 Å². The Bertz CT molecular complexity index is 492. The Hall–Kier alpha value is -1.26. The molecule has 3 unspecified atom stereocenters. The predicted octanol–water partition coefficient (Wildman–Crippen LogP) is 2.93. The van der Waals surface area contributed by atoms with Gasteiger partial charge in [0, 0.05) is 18.6 Å². The van der Waals surface area contributed by atoms with Crippen LogP contribution in [0.25, 0.3) is 0 Å². The molecule has 0 radical (unpaired) electrons. The molecular weight excluding hydrogens is 264 g/mol. The van der Waals surface area contributed by atoms with Crippen LogP contribution in [0.4, 0.5) is 0 Å². The topological polar surface area (TPSA) is 47.7 Å². The smallest absolute Gasteiger partial charge is 0.231 e. The molecule has 0 spiro atoms. The van der Waals surface area contributed by atoms with Crippen molar-refractivity contribution in [2.75, 3.05) is 20.4 Å². The molecule has 1 heterocycles. The number of hydrogen-bond acceptors (Lipinski definition) is 4. The zero-order valence-electron chi connectivity index (χ0n) is 13.0. The molecule has 0 saturated heterocycles. The molecule has 1 aliphatic heterocycles. The van der Waals surface area contributed by atoms with Gasteiger partial charge in [-0.3, -0.25) is 0 Å². The van der Waals surface area contributed by atoms with Gasteiger partial charge in [-0.2, -0.15) is 0 Å². The summed E-state index contributed by atoms with van der Waals surface area (Å²) in [7, 11) is 2.21. The van der Waals surface area contributed by atoms with Crippen LogP contribution in [0.3, 0.4) is 0 Å². The number of ether oxygens (including phenoxy) is 2. The number of benzene rings is 1. The van der Waals surface area contributed by atoms with Crippen LogP contribution in [0, 0.1) is 5.92 Å². The molecule has 1 aromatic rings. The lowest BCUT2D eigenvalue weighted by molar-refractivity contribution is 0.133. The number of hydrogen-bond donors (Lipinski definition) is 1. The summed E-state index contributed by atoms with van der Waals surface area (Å²) >= 11 is 0. The van der Waals surface area contributed by atoms with Crippen molar-refractivity contribution >= 4 is 0 Å². The van der Waals surface area contributed by atoms with Crippen LogP contribution in [-0.2, 0) is 0 Å². The van der Waals surface area contributed by atoms with E-state index in [4.69, 9.17) is 15.2 Å². The fraction of sp³-hybridized carbons (Fsp3) is 0.647. The van der Waals surface area contributed by atoms with Crippen LogP contribution in [0.1, 0.15) is 44.2 Å². The molecule has 1 saturated carbocycles. The van der Waals surface area contributed by atoms with E-state index < -0.39 is 0 Å². The third kappa shape index (κ3) is 3.16. The molecular formula is C17H26N2O2. The van der Waals surface area contributed by atoms with Crippen LogP contribution in [0.5, 0.6) is 11.5 Å². The molecule has 1 aromatic carbocycles. The largest absolute Gasteiger partial charge is 0.454 e. The first kappa shape index (κ1) is 14.7. The summed E-state index contributed by atoms with van der Waals surface area (Å²) in [5, 5.41) is 0. The Kier molecular flexibility index (Phi) is 4.36. The molecule has 116 valence electrons. The second-order valence-corrected chi connectivity index (χ2v) is 6.49. The summed E-state index contributed by atoms with van der Waals surface area (Å²) in [5.41, 5.74) is 7.52. The highest BCUT2D eigenvalue weighted by molar-refractivity contribution is 5.45. The molecule has 2 N–H and O–H groups in total. The van der Waals surface area contributed by atoms with Crippen LogP contribution in [0.15, 0.2) is 18.2 Å². The van der Waals surface area contributed by atoms with Gasteiger partial charge >= 0.3 is 0 Å². The van der Waals surface area contributed by atoms with Crippen molar-refractivity contribution in [1.29, 1.82) is 0 Å². The van der Waals surface area contributed by atoms with Crippen molar-refractivity contribution < 1.29 is 9.47 Å². The zero-order chi connectivity index (χ0) is 14.8. The van der Waals surface area contributed by atoms with Crippen molar-refractivity contribution in [3.8, 4) is 11.5 Å². The normalized spacial score (nSPS) is 26.1.